The molecule has 2 aliphatic heterocycles. The summed E-state index contributed by atoms with van der Waals surface area (Å²) in [5.41, 5.74) is 2.49. The number of carbonyl (C=O) groups is 1. The Morgan fingerprint density at radius 2 is 1.46 bits per heavy atom. The van der Waals surface area contributed by atoms with E-state index >= 15 is 0 Å². The predicted octanol–water partition coefficient (Wildman–Crippen LogP) is 2.61. The Morgan fingerprint density at radius 1 is 0.875 bits per heavy atom. The molecule has 0 bridgehead atoms. The molecule has 2 aromatic carbocycles. The van der Waals surface area contributed by atoms with Crippen LogP contribution < -0.4 is 9.80 Å². The zero-order valence-electron chi connectivity index (χ0n) is 13.3. The van der Waals surface area contributed by atoms with E-state index in [4.69, 9.17) is 0 Å². The average molecular weight is 342 g/mol. The third kappa shape index (κ3) is 2.29. The molecule has 2 aromatic rings. The minimum Gasteiger partial charge on any atom is -0.288 e. The van der Waals surface area contributed by atoms with Crippen molar-refractivity contribution in [3.8, 4) is 0 Å². The number of amides is 2. The first kappa shape index (κ1) is 15.2. The lowest BCUT2D eigenvalue weighted by Gasteiger charge is -2.24. The van der Waals surface area contributed by atoms with Crippen LogP contribution in [-0.4, -0.2) is 38.0 Å². The van der Waals surface area contributed by atoms with E-state index in [-0.39, 0.29) is 29.6 Å². The molecule has 0 aliphatic carbocycles. The molecule has 124 valence electrons. The molecule has 2 aliphatic rings. The van der Waals surface area contributed by atoms with Crippen molar-refractivity contribution in [1.29, 1.82) is 0 Å². The number of benzene rings is 2. The average Bonchev–Trinajstić information content (AvgIpc) is 2.98. The molecule has 2 saturated heterocycles. The largest absolute Gasteiger partial charge is 0.329 e. The molecule has 0 saturated carbocycles. The summed E-state index contributed by atoms with van der Waals surface area (Å²) in [7, 11) is -3.16. The molecule has 6 heteroatoms. The SMILES string of the molecule is Cc1ccccc1N1C(=O)N(c2ccccc2)[C@@H]2CS(=O)(=O)C[C@@H]21. The lowest BCUT2D eigenvalue weighted by atomic mass is 10.1. The number of sulfone groups is 1. The van der Waals surface area contributed by atoms with Crippen LogP contribution in [0.4, 0.5) is 16.2 Å². The number of fused-ring (bicyclic) bond motifs is 1. The van der Waals surface area contributed by atoms with Crippen molar-refractivity contribution in [3.63, 3.8) is 0 Å². The molecule has 2 atom stereocenters. The van der Waals surface area contributed by atoms with Gasteiger partial charge in [-0.25, -0.2) is 13.2 Å². The Hall–Kier alpha value is -2.34. The number of nitrogens with zero attached hydrogens (tertiary/aromatic N) is 2. The maximum Gasteiger partial charge on any atom is 0.329 e. The van der Waals surface area contributed by atoms with Gasteiger partial charge in [0, 0.05) is 11.4 Å². The highest BCUT2D eigenvalue weighted by Crippen LogP contribution is 2.38. The predicted molar refractivity (Wildman–Crippen MR) is 94.2 cm³/mol. The van der Waals surface area contributed by atoms with Crippen LogP contribution in [0, 0.1) is 6.92 Å². The molecule has 2 fully saturated rings. The number of para-hydroxylation sites is 2. The van der Waals surface area contributed by atoms with Gasteiger partial charge >= 0.3 is 6.03 Å². The van der Waals surface area contributed by atoms with Crippen LogP contribution in [0.5, 0.6) is 0 Å². The van der Waals surface area contributed by atoms with E-state index in [0.29, 0.717) is 0 Å². The second-order valence-corrected chi connectivity index (χ2v) is 8.51. The maximum atomic E-state index is 13.1. The maximum absolute atomic E-state index is 13.1. The molecule has 0 N–H and O–H groups in total. The summed E-state index contributed by atoms with van der Waals surface area (Å²) < 4.78 is 24.4. The fourth-order valence-electron chi connectivity index (χ4n) is 3.71. The molecule has 5 nitrogen and oxygen atoms in total. The third-order valence-electron chi connectivity index (χ3n) is 4.78. The van der Waals surface area contributed by atoms with E-state index in [9.17, 15) is 13.2 Å². The van der Waals surface area contributed by atoms with E-state index in [0.717, 1.165) is 16.9 Å². The second kappa shape index (κ2) is 5.34. The van der Waals surface area contributed by atoms with E-state index in [1.54, 1.807) is 9.80 Å². The molecule has 0 unspecified atom stereocenters. The lowest BCUT2D eigenvalue weighted by molar-refractivity contribution is 0.255. The highest BCUT2D eigenvalue weighted by molar-refractivity contribution is 7.91. The van der Waals surface area contributed by atoms with Crippen LogP contribution in [0.3, 0.4) is 0 Å². The van der Waals surface area contributed by atoms with Gasteiger partial charge in [0.05, 0.1) is 23.6 Å². The van der Waals surface area contributed by atoms with Crippen molar-refractivity contribution in [3.05, 3.63) is 60.2 Å². The third-order valence-corrected chi connectivity index (χ3v) is 6.48. The van der Waals surface area contributed by atoms with Gasteiger partial charge in [0.1, 0.15) is 0 Å². The van der Waals surface area contributed by atoms with Gasteiger partial charge in [-0.3, -0.25) is 9.80 Å². The minimum atomic E-state index is -3.16. The van der Waals surface area contributed by atoms with Crippen molar-refractivity contribution in [2.24, 2.45) is 0 Å². The Morgan fingerprint density at radius 3 is 2.12 bits per heavy atom. The molecule has 2 amide bonds. The first-order valence-corrected chi connectivity index (χ1v) is 9.73. The monoisotopic (exact) mass is 342 g/mol. The summed E-state index contributed by atoms with van der Waals surface area (Å²) in [4.78, 5) is 16.4. The van der Waals surface area contributed by atoms with Crippen LogP contribution in [0.15, 0.2) is 54.6 Å². The number of hydrogen-bond donors (Lipinski definition) is 0. The van der Waals surface area contributed by atoms with Gasteiger partial charge in [-0.05, 0) is 30.7 Å². The van der Waals surface area contributed by atoms with Crippen molar-refractivity contribution >= 4 is 27.2 Å². The van der Waals surface area contributed by atoms with Gasteiger partial charge in [0.25, 0.3) is 0 Å². The van der Waals surface area contributed by atoms with Crippen LogP contribution in [0.2, 0.25) is 0 Å². The number of urea groups is 1. The molecule has 0 spiro atoms. The van der Waals surface area contributed by atoms with E-state index < -0.39 is 9.84 Å². The Kier molecular flexibility index (Phi) is 3.38. The van der Waals surface area contributed by atoms with Crippen LogP contribution in [0.25, 0.3) is 0 Å². The number of anilines is 2. The summed E-state index contributed by atoms with van der Waals surface area (Å²) in [5.74, 6) is 0.0295. The van der Waals surface area contributed by atoms with Gasteiger partial charge in [-0.1, -0.05) is 36.4 Å². The lowest BCUT2D eigenvalue weighted by Crippen LogP contribution is -2.38. The number of rotatable bonds is 2. The molecule has 4 rings (SSSR count). The smallest absolute Gasteiger partial charge is 0.288 e. The van der Waals surface area contributed by atoms with Crippen LogP contribution in [-0.2, 0) is 9.84 Å². The fourth-order valence-corrected chi connectivity index (χ4v) is 5.63. The highest BCUT2D eigenvalue weighted by atomic mass is 32.2. The van der Waals surface area contributed by atoms with Crippen molar-refractivity contribution in [2.75, 3.05) is 21.3 Å². The van der Waals surface area contributed by atoms with Gasteiger partial charge in [-0.2, -0.15) is 0 Å². The molecule has 0 aromatic heterocycles. The summed E-state index contributed by atoms with van der Waals surface area (Å²) in [6.07, 6.45) is 0. The van der Waals surface area contributed by atoms with Crippen molar-refractivity contribution in [1.82, 2.24) is 0 Å². The van der Waals surface area contributed by atoms with E-state index in [2.05, 4.69) is 0 Å². The Bertz CT molecular complexity index is 895. The summed E-state index contributed by atoms with van der Waals surface area (Å²) in [5, 5.41) is 0. The summed E-state index contributed by atoms with van der Waals surface area (Å²) in [6, 6.07) is 16.1. The summed E-state index contributed by atoms with van der Waals surface area (Å²) >= 11 is 0. The van der Waals surface area contributed by atoms with Gasteiger partial charge in [0.15, 0.2) is 9.84 Å². The van der Waals surface area contributed by atoms with Crippen molar-refractivity contribution < 1.29 is 13.2 Å². The molecular weight excluding hydrogens is 324 g/mol. The Labute approximate surface area is 141 Å². The number of aryl methyl sites for hydroxylation is 1. The van der Waals surface area contributed by atoms with Gasteiger partial charge in [0.2, 0.25) is 0 Å². The first-order chi connectivity index (χ1) is 11.5. The summed E-state index contributed by atoms with van der Waals surface area (Å²) in [6.45, 7) is 1.94. The quantitative estimate of drug-likeness (QED) is 0.788. The molecular formula is C18H18N2O3S. The normalized spacial score (nSPS) is 25.1. The standard InChI is InChI=1S/C18H18N2O3S/c1-13-7-5-6-10-15(13)20-17-12-24(22,23)11-16(17)19(18(20)21)14-8-3-2-4-9-14/h2-10,16-17H,11-12H2,1H3/t16-,17+/m1/s1. The van der Waals surface area contributed by atoms with Gasteiger partial charge < -0.3 is 0 Å². The second-order valence-electron chi connectivity index (χ2n) is 6.36. The van der Waals surface area contributed by atoms with Crippen LogP contribution >= 0.6 is 0 Å². The number of carbonyl (C=O) groups excluding carboxylic acids is 1. The van der Waals surface area contributed by atoms with E-state index in [1.165, 1.54) is 0 Å². The van der Waals surface area contributed by atoms with Gasteiger partial charge in [-0.15, -0.1) is 0 Å². The topological polar surface area (TPSA) is 57.7 Å². The highest BCUT2D eigenvalue weighted by Gasteiger charge is 2.54. The molecule has 0 radical (unpaired) electrons. The first-order valence-electron chi connectivity index (χ1n) is 7.91. The fraction of sp³-hybridized carbons (Fsp3) is 0.278. The van der Waals surface area contributed by atoms with E-state index in [1.807, 2.05) is 61.5 Å². The molecule has 24 heavy (non-hydrogen) atoms. The minimum absolute atomic E-state index is 0.0146. The Balaban J connectivity index is 1.84. The van der Waals surface area contributed by atoms with Crippen LogP contribution in [0.1, 0.15) is 5.56 Å². The zero-order valence-corrected chi connectivity index (χ0v) is 14.1. The number of hydrogen-bond acceptors (Lipinski definition) is 3. The zero-order chi connectivity index (χ0) is 16.9. The molecule has 2 heterocycles. The van der Waals surface area contributed by atoms with Crippen molar-refractivity contribution in [2.45, 2.75) is 19.0 Å².